The Hall–Kier alpha value is -3.32. The summed E-state index contributed by atoms with van der Waals surface area (Å²) in [7, 11) is 0. The van der Waals surface area contributed by atoms with Crippen LogP contribution in [0, 0.1) is 11.3 Å². The number of nitriles is 1. The molecule has 0 bridgehead atoms. The molecule has 1 amide bonds. The van der Waals surface area contributed by atoms with Gasteiger partial charge in [0.1, 0.15) is 17.2 Å². The van der Waals surface area contributed by atoms with E-state index in [0.717, 1.165) is 0 Å². The van der Waals surface area contributed by atoms with E-state index in [1.807, 2.05) is 6.07 Å². The number of benzene rings is 1. The molecular formula is C15H8BrN5O4. The lowest BCUT2D eigenvalue weighted by molar-refractivity contribution is -0.118. The molecule has 10 heteroatoms. The number of halogens is 1. The number of fused-ring (bicyclic) bond motifs is 4. The van der Waals surface area contributed by atoms with Crippen LogP contribution in [-0.2, 0) is 10.2 Å². The first-order valence-electron chi connectivity index (χ1n) is 6.96. The number of anilines is 1. The third-order valence-corrected chi connectivity index (χ3v) is 4.70. The highest BCUT2D eigenvalue weighted by atomic mass is 79.9. The number of rotatable bonds is 0. The number of ether oxygens (including phenoxy) is 1. The van der Waals surface area contributed by atoms with Crippen molar-refractivity contribution in [3.8, 4) is 11.9 Å². The van der Waals surface area contributed by atoms with Crippen LogP contribution in [0.5, 0.6) is 5.88 Å². The average Bonchev–Trinajstić information content (AvgIpc) is 2.80. The van der Waals surface area contributed by atoms with Gasteiger partial charge in [0, 0.05) is 15.7 Å². The molecule has 0 saturated heterocycles. The van der Waals surface area contributed by atoms with Crippen LogP contribution in [0.1, 0.15) is 11.1 Å². The fourth-order valence-corrected chi connectivity index (χ4v) is 3.62. The Morgan fingerprint density at radius 1 is 1.24 bits per heavy atom. The molecule has 0 aliphatic carbocycles. The zero-order chi connectivity index (χ0) is 17.9. The molecule has 1 aromatic heterocycles. The van der Waals surface area contributed by atoms with Gasteiger partial charge in [-0.1, -0.05) is 15.9 Å². The SMILES string of the molecule is N#CC1=C(N)Oc2[nH]c(=O)[nH]c(=O)c2C12C(=O)Nc1ccc(Br)cc12. The largest absolute Gasteiger partial charge is 0.423 e. The molecule has 9 nitrogen and oxygen atoms in total. The predicted molar refractivity (Wildman–Crippen MR) is 88.7 cm³/mol. The molecule has 2 aliphatic rings. The van der Waals surface area contributed by atoms with Gasteiger partial charge in [-0.05, 0) is 18.2 Å². The summed E-state index contributed by atoms with van der Waals surface area (Å²) < 4.78 is 5.88. The van der Waals surface area contributed by atoms with E-state index in [2.05, 4.69) is 31.2 Å². The number of hydrogen-bond donors (Lipinski definition) is 4. The second-order valence-corrected chi connectivity index (χ2v) is 6.38. The molecule has 2 aromatic rings. The predicted octanol–water partition coefficient (Wildman–Crippen LogP) is 0.150. The van der Waals surface area contributed by atoms with E-state index in [9.17, 15) is 19.6 Å². The molecule has 0 saturated carbocycles. The van der Waals surface area contributed by atoms with Crippen molar-refractivity contribution < 1.29 is 9.53 Å². The molecule has 1 aromatic carbocycles. The van der Waals surface area contributed by atoms with Gasteiger partial charge in [0.25, 0.3) is 5.56 Å². The molecule has 2 aliphatic heterocycles. The van der Waals surface area contributed by atoms with Crippen LogP contribution in [0.25, 0.3) is 0 Å². The number of carbonyl (C=O) groups excluding carboxylic acids is 1. The number of amides is 1. The fourth-order valence-electron chi connectivity index (χ4n) is 3.26. The second-order valence-electron chi connectivity index (χ2n) is 5.46. The number of aromatic amines is 2. The molecule has 1 atom stereocenters. The van der Waals surface area contributed by atoms with Crippen molar-refractivity contribution in [1.82, 2.24) is 9.97 Å². The topological polar surface area (TPSA) is 154 Å². The maximum atomic E-state index is 13.0. The summed E-state index contributed by atoms with van der Waals surface area (Å²) in [6.45, 7) is 0. The quantitative estimate of drug-likeness (QED) is 0.492. The molecule has 4 rings (SSSR count). The van der Waals surface area contributed by atoms with Gasteiger partial charge in [-0.25, -0.2) is 4.79 Å². The second kappa shape index (κ2) is 4.84. The number of nitrogens with zero attached hydrogens (tertiary/aromatic N) is 1. The Morgan fingerprint density at radius 2 is 2.00 bits per heavy atom. The normalized spacial score (nSPS) is 20.6. The minimum absolute atomic E-state index is 0.202. The van der Waals surface area contributed by atoms with Gasteiger partial charge in [0.2, 0.25) is 17.7 Å². The van der Waals surface area contributed by atoms with Crippen LogP contribution in [0.15, 0.2) is 43.7 Å². The Labute approximate surface area is 147 Å². The van der Waals surface area contributed by atoms with Gasteiger partial charge >= 0.3 is 5.69 Å². The van der Waals surface area contributed by atoms with E-state index in [4.69, 9.17) is 10.5 Å². The summed E-state index contributed by atoms with van der Waals surface area (Å²) in [5, 5.41) is 12.3. The molecule has 124 valence electrons. The third-order valence-electron chi connectivity index (χ3n) is 4.20. The first-order valence-corrected chi connectivity index (χ1v) is 7.75. The maximum Gasteiger partial charge on any atom is 0.328 e. The Kier molecular flexibility index (Phi) is 2.95. The van der Waals surface area contributed by atoms with Crippen molar-refractivity contribution in [3.05, 3.63) is 66.1 Å². The average molecular weight is 402 g/mol. The highest BCUT2D eigenvalue weighted by Crippen LogP contribution is 2.51. The lowest BCUT2D eigenvalue weighted by atomic mass is 9.70. The minimum atomic E-state index is -1.82. The van der Waals surface area contributed by atoms with Gasteiger partial charge < -0.3 is 15.8 Å². The van der Waals surface area contributed by atoms with E-state index in [1.54, 1.807) is 18.2 Å². The molecular weight excluding hydrogens is 394 g/mol. The van der Waals surface area contributed by atoms with Crippen LogP contribution in [0.3, 0.4) is 0 Å². The highest BCUT2D eigenvalue weighted by molar-refractivity contribution is 9.10. The van der Waals surface area contributed by atoms with E-state index in [1.165, 1.54) is 0 Å². The lowest BCUT2D eigenvalue weighted by Gasteiger charge is -2.32. The van der Waals surface area contributed by atoms with Gasteiger partial charge in [-0.3, -0.25) is 19.6 Å². The maximum absolute atomic E-state index is 13.0. The molecule has 0 radical (unpaired) electrons. The van der Waals surface area contributed by atoms with Crippen LogP contribution in [-0.4, -0.2) is 15.9 Å². The van der Waals surface area contributed by atoms with Gasteiger partial charge in [-0.15, -0.1) is 0 Å². The summed E-state index contributed by atoms with van der Waals surface area (Å²) in [5.74, 6) is -1.27. The Morgan fingerprint density at radius 3 is 2.72 bits per heavy atom. The lowest BCUT2D eigenvalue weighted by Crippen LogP contribution is -2.48. The summed E-state index contributed by atoms with van der Waals surface area (Å²) >= 11 is 3.32. The summed E-state index contributed by atoms with van der Waals surface area (Å²) in [6, 6.07) is 6.81. The summed E-state index contributed by atoms with van der Waals surface area (Å²) in [5.41, 5.74) is 2.69. The zero-order valence-corrected chi connectivity index (χ0v) is 13.9. The van der Waals surface area contributed by atoms with Crippen molar-refractivity contribution in [2.75, 3.05) is 5.32 Å². The van der Waals surface area contributed by atoms with Crippen LogP contribution in [0.2, 0.25) is 0 Å². The van der Waals surface area contributed by atoms with Crippen LogP contribution >= 0.6 is 15.9 Å². The fraction of sp³-hybridized carbons (Fsp3) is 0.0667. The third kappa shape index (κ3) is 1.78. The first-order chi connectivity index (χ1) is 11.9. The molecule has 1 spiro atoms. The molecule has 0 fully saturated rings. The number of aromatic nitrogens is 2. The smallest absolute Gasteiger partial charge is 0.328 e. The standard InChI is InChI=1S/C15H8BrN5O4/c16-5-1-2-8-6(3-5)15(13(23)19-8)7(4-17)10(18)25-12-9(15)11(22)20-14(24)21-12/h1-3H,18H2,(H,19,23)(H2,20,21,22,24). The Bertz CT molecular complexity index is 1160. The van der Waals surface area contributed by atoms with Crippen LogP contribution < -0.4 is 27.0 Å². The van der Waals surface area contributed by atoms with E-state index >= 15 is 0 Å². The van der Waals surface area contributed by atoms with Crippen molar-refractivity contribution in [2.24, 2.45) is 5.73 Å². The van der Waals surface area contributed by atoms with Crippen molar-refractivity contribution >= 4 is 27.5 Å². The first kappa shape index (κ1) is 15.2. The molecule has 5 N–H and O–H groups in total. The molecule has 3 heterocycles. The van der Waals surface area contributed by atoms with E-state index in [0.29, 0.717) is 15.7 Å². The van der Waals surface area contributed by atoms with Gasteiger partial charge in [0.15, 0.2) is 5.41 Å². The highest BCUT2D eigenvalue weighted by Gasteiger charge is 2.58. The number of nitrogens with two attached hydrogens (primary N) is 1. The van der Waals surface area contributed by atoms with E-state index < -0.39 is 22.6 Å². The van der Waals surface area contributed by atoms with E-state index in [-0.39, 0.29) is 22.9 Å². The minimum Gasteiger partial charge on any atom is -0.423 e. The van der Waals surface area contributed by atoms with Crippen LogP contribution in [0.4, 0.5) is 5.69 Å². The number of H-pyrrole nitrogens is 2. The molecule has 25 heavy (non-hydrogen) atoms. The van der Waals surface area contributed by atoms with Crippen molar-refractivity contribution in [1.29, 1.82) is 5.26 Å². The van der Waals surface area contributed by atoms with Gasteiger partial charge in [0.05, 0.1) is 0 Å². The molecule has 1 unspecified atom stereocenters. The number of hydrogen-bond acceptors (Lipinski definition) is 6. The van der Waals surface area contributed by atoms with Crippen molar-refractivity contribution in [2.45, 2.75) is 5.41 Å². The Balaban J connectivity index is 2.24. The van der Waals surface area contributed by atoms with Gasteiger partial charge in [-0.2, -0.15) is 5.26 Å². The zero-order valence-electron chi connectivity index (χ0n) is 12.3. The number of carbonyl (C=O) groups is 1. The summed E-state index contributed by atoms with van der Waals surface area (Å²) in [6.07, 6.45) is 0. The van der Waals surface area contributed by atoms with Crippen molar-refractivity contribution in [3.63, 3.8) is 0 Å². The monoisotopic (exact) mass is 401 g/mol. The number of nitrogens with one attached hydrogen (secondary N) is 3. The summed E-state index contributed by atoms with van der Waals surface area (Å²) in [4.78, 5) is 41.5.